The van der Waals surface area contributed by atoms with Gasteiger partial charge in [0.25, 0.3) is 11.8 Å². The van der Waals surface area contributed by atoms with Crippen LogP contribution in [0.2, 0.25) is 0 Å². The normalized spacial score (nSPS) is 21.0. The van der Waals surface area contributed by atoms with Gasteiger partial charge in [-0.15, -0.1) is 21.8 Å². The number of carboxylic acid groups (broad SMARTS) is 1. The molecule has 1 fully saturated rings. The van der Waals surface area contributed by atoms with Crippen LogP contribution in [0.3, 0.4) is 0 Å². The van der Waals surface area contributed by atoms with E-state index in [1.54, 1.807) is 7.05 Å². The van der Waals surface area contributed by atoms with Crippen molar-refractivity contribution in [2.45, 2.75) is 22.6 Å². The van der Waals surface area contributed by atoms with E-state index in [1.807, 2.05) is 0 Å². The highest BCUT2D eigenvalue weighted by atomic mass is 32.2. The zero-order valence-electron chi connectivity index (χ0n) is 16.1. The Kier molecular flexibility index (Phi) is 6.07. The summed E-state index contributed by atoms with van der Waals surface area (Å²) in [7, 11) is 1.66. The second-order valence-corrected chi connectivity index (χ2v) is 9.36. The molecule has 0 aliphatic carbocycles. The van der Waals surface area contributed by atoms with Crippen LogP contribution in [0.5, 0.6) is 0 Å². The van der Waals surface area contributed by atoms with Gasteiger partial charge in [-0.2, -0.15) is 4.37 Å². The highest BCUT2D eigenvalue weighted by Crippen LogP contribution is 2.41. The molecule has 0 bridgehead atoms. The third kappa shape index (κ3) is 3.91. The zero-order chi connectivity index (χ0) is 23.0. The number of nitrogen functional groups attached to an aromatic ring is 1. The van der Waals surface area contributed by atoms with Crippen LogP contribution < -0.4 is 11.1 Å². The maximum Gasteiger partial charge on any atom is 0.352 e. The third-order valence-corrected chi connectivity index (χ3v) is 7.55. The summed E-state index contributed by atoms with van der Waals surface area (Å²) in [5, 5.41) is 25.9. The fourth-order valence-corrected chi connectivity index (χ4v) is 5.89. The number of tetrazole rings is 1. The van der Waals surface area contributed by atoms with Gasteiger partial charge in [0, 0.05) is 30.1 Å². The van der Waals surface area contributed by atoms with E-state index in [1.165, 1.54) is 28.2 Å². The van der Waals surface area contributed by atoms with Gasteiger partial charge >= 0.3 is 5.97 Å². The first-order valence-corrected chi connectivity index (χ1v) is 11.6. The molecule has 0 radical (unpaired) electrons. The summed E-state index contributed by atoms with van der Waals surface area (Å²) in [6, 6.07) is -2.58. The van der Waals surface area contributed by atoms with Crippen molar-refractivity contribution < 1.29 is 19.5 Å². The molecule has 168 valence electrons. The monoisotopic (exact) mass is 498 g/mol. The lowest BCUT2D eigenvalue weighted by molar-refractivity contribution is -0.150. The largest absolute Gasteiger partial charge is 0.477 e. The molecule has 0 saturated carbocycles. The van der Waals surface area contributed by atoms with Crippen LogP contribution in [-0.4, -0.2) is 80.3 Å². The molecule has 2 aliphatic heterocycles. The van der Waals surface area contributed by atoms with Crippen molar-refractivity contribution in [1.82, 2.24) is 39.8 Å². The molecule has 2 aromatic heterocycles. The second kappa shape index (κ2) is 8.79. The highest BCUT2D eigenvalue weighted by molar-refractivity contribution is 8.01. The van der Waals surface area contributed by atoms with Gasteiger partial charge in [-0.25, -0.2) is 14.5 Å². The molecule has 2 unspecified atom stereocenters. The van der Waals surface area contributed by atoms with Crippen LogP contribution in [-0.2, 0) is 21.4 Å². The number of carboxylic acids is 1. The first kappa shape index (κ1) is 22.1. The predicted molar refractivity (Wildman–Crippen MR) is 112 cm³/mol. The molecule has 32 heavy (non-hydrogen) atoms. The minimum absolute atomic E-state index is 0.0638. The molecular formula is C14H14N10O5S3. The minimum atomic E-state index is -1.57. The number of thioether (sulfide) groups is 2. The number of aryl methyl sites for hydroxylation is 1. The average molecular weight is 499 g/mol. The molecule has 4 N–H and O–H groups in total. The first-order chi connectivity index (χ1) is 15.3. The zero-order valence-corrected chi connectivity index (χ0v) is 18.6. The van der Waals surface area contributed by atoms with E-state index < -0.39 is 35.2 Å². The molecule has 18 heteroatoms. The van der Waals surface area contributed by atoms with Crippen LogP contribution in [0.15, 0.2) is 21.6 Å². The number of anilines is 1. The lowest BCUT2D eigenvalue weighted by Crippen LogP contribution is -2.70. The number of hydrogen-bond acceptors (Lipinski definition) is 14. The molecule has 3 atom stereocenters. The number of β-lactam (4-membered cyclic amide) rings is 1. The Morgan fingerprint density at radius 1 is 1.47 bits per heavy atom. The number of nitrogens with two attached hydrogens (primary N) is 1. The Hall–Kier alpha value is -3.12. The van der Waals surface area contributed by atoms with Gasteiger partial charge in [-0.1, -0.05) is 11.8 Å². The van der Waals surface area contributed by atoms with E-state index in [4.69, 9.17) is 5.73 Å². The number of carbonyl (C=O) groups is 3. The summed E-state index contributed by atoms with van der Waals surface area (Å²) in [6.07, 6.45) is 0. The van der Waals surface area contributed by atoms with Gasteiger partial charge in [0.05, 0.1) is 0 Å². The molecule has 0 spiro atoms. The smallest absolute Gasteiger partial charge is 0.352 e. The van der Waals surface area contributed by atoms with E-state index >= 15 is 0 Å². The maximum atomic E-state index is 12.7. The highest BCUT2D eigenvalue weighted by Gasteiger charge is 2.54. The van der Waals surface area contributed by atoms with E-state index in [0.717, 1.165) is 16.4 Å². The number of carbonyl (C=O) groups excluding carboxylic acids is 2. The standard InChI is InChI=1S/C14H14N10O5S3/c1-23-14(18-21-22-23)31-3-4-2-30-11-6(10(26)24(11)7(4)12(27)28)16-9(25)5(19-29)8-17-13(15)32-20-8/h5-6,11H,2-3H2,1H3,(H,16,25)(H,27,28)(H2,15,17,20)/t5?,6?,11-/m0/s1. The molecule has 4 heterocycles. The quantitative estimate of drug-likeness (QED) is 0.226. The number of rotatable bonds is 8. The van der Waals surface area contributed by atoms with Crippen molar-refractivity contribution in [2.75, 3.05) is 17.2 Å². The maximum absolute atomic E-state index is 12.7. The first-order valence-electron chi connectivity index (χ1n) is 8.79. The molecule has 0 aromatic carbocycles. The minimum Gasteiger partial charge on any atom is -0.477 e. The summed E-state index contributed by atoms with van der Waals surface area (Å²) < 4.78 is 5.25. The number of nitrogens with one attached hydrogen (secondary N) is 1. The van der Waals surface area contributed by atoms with Crippen LogP contribution >= 0.6 is 35.1 Å². The number of nitrogens with zero attached hydrogens (tertiary/aromatic N) is 8. The average Bonchev–Trinajstić information content (AvgIpc) is 3.37. The molecule has 2 aliphatic rings. The Morgan fingerprint density at radius 2 is 2.25 bits per heavy atom. The van der Waals surface area contributed by atoms with Gasteiger partial charge in [0.15, 0.2) is 11.0 Å². The van der Waals surface area contributed by atoms with E-state index in [2.05, 4.69) is 35.4 Å². The number of aromatic nitrogens is 6. The summed E-state index contributed by atoms with van der Waals surface area (Å²) in [5.74, 6) is -2.30. The van der Waals surface area contributed by atoms with Gasteiger partial charge < -0.3 is 16.2 Å². The Morgan fingerprint density at radius 3 is 2.84 bits per heavy atom. The molecule has 2 aromatic rings. The van der Waals surface area contributed by atoms with Crippen molar-refractivity contribution in [1.29, 1.82) is 0 Å². The van der Waals surface area contributed by atoms with Crippen molar-refractivity contribution >= 4 is 58.0 Å². The molecule has 15 nitrogen and oxygen atoms in total. The molecular weight excluding hydrogens is 484 g/mol. The molecule has 1 saturated heterocycles. The second-order valence-electron chi connectivity index (χ2n) is 6.53. The van der Waals surface area contributed by atoms with Crippen LogP contribution in [0.4, 0.5) is 5.13 Å². The summed E-state index contributed by atoms with van der Waals surface area (Å²) >= 11 is 3.34. The summed E-state index contributed by atoms with van der Waals surface area (Å²) in [4.78, 5) is 53.2. The fraction of sp³-hybridized carbons (Fsp3) is 0.429. The van der Waals surface area contributed by atoms with Crippen molar-refractivity contribution in [3.63, 3.8) is 0 Å². The number of nitroso groups, excluding NO2 is 1. The van der Waals surface area contributed by atoms with Crippen molar-refractivity contribution in [3.8, 4) is 0 Å². The van der Waals surface area contributed by atoms with E-state index in [0.29, 0.717) is 16.5 Å². The van der Waals surface area contributed by atoms with Gasteiger partial charge in [-0.3, -0.25) is 14.5 Å². The van der Waals surface area contributed by atoms with Gasteiger partial charge in [-0.05, 0) is 21.2 Å². The lowest BCUT2D eigenvalue weighted by atomic mass is 10.0. The number of aliphatic carboxylic acids is 1. The SMILES string of the molecule is Cn1nnnc1SCC1=C(C(=O)O)N2C(=O)C(NC(=O)C(N=O)c3nsc(N)n3)[C@@H]2SC1. The Balaban J connectivity index is 1.48. The van der Waals surface area contributed by atoms with E-state index in [9.17, 15) is 24.4 Å². The van der Waals surface area contributed by atoms with Gasteiger partial charge in [0.2, 0.25) is 11.2 Å². The van der Waals surface area contributed by atoms with Crippen LogP contribution in [0.25, 0.3) is 0 Å². The number of fused-ring (bicyclic) bond motifs is 1. The van der Waals surface area contributed by atoms with Gasteiger partial charge in [0.1, 0.15) is 17.1 Å². The topological polar surface area (TPSA) is 212 Å². The van der Waals surface area contributed by atoms with Crippen molar-refractivity contribution in [2.24, 2.45) is 12.2 Å². The molecule has 4 rings (SSSR count). The third-order valence-electron chi connectivity index (χ3n) is 4.56. The lowest BCUT2D eigenvalue weighted by Gasteiger charge is -2.49. The number of hydrogen-bond donors (Lipinski definition) is 3. The molecule has 2 amide bonds. The predicted octanol–water partition coefficient (Wildman–Crippen LogP) is -1.02. The summed E-state index contributed by atoms with van der Waals surface area (Å²) in [5.41, 5.74) is 5.86. The van der Waals surface area contributed by atoms with Crippen molar-refractivity contribution in [3.05, 3.63) is 22.0 Å². The fourth-order valence-electron chi connectivity index (χ4n) is 3.09. The Bertz CT molecular complexity index is 1130. The van der Waals surface area contributed by atoms with Crippen LogP contribution in [0.1, 0.15) is 11.9 Å². The van der Waals surface area contributed by atoms with Crippen LogP contribution in [0, 0.1) is 4.91 Å². The summed E-state index contributed by atoms with van der Waals surface area (Å²) in [6.45, 7) is 0. The number of amides is 2. The van der Waals surface area contributed by atoms with E-state index in [-0.39, 0.29) is 22.4 Å². The Labute approximate surface area is 191 Å².